The molecule has 1 aliphatic rings. The van der Waals surface area contributed by atoms with E-state index in [4.69, 9.17) is 16.3 Å². The van der Waals surface area contributed by atoms with E-state index in [0.717, 1.165) is 5.56 Å². The lowest BCUT2D eigenvalue weighted by molar-refractivity contribution is 0.0303. The van der Waals surface area contributed by atoms with Crippen molar-refractivity contribution >= 4 is 40.1 Å². The zero-order valence-electron chi connectivity index (χ0n) is 17.8. The number of aryl methyl sites for hydroxylation is 1. The predicted octanol–water partition coefficient (Wildman–Crippen LogP) is 3.64. The molecule has 0 bridgehead atoms. The molecule has 0 radical (unpaired) electrons. The number of benzene rings is 2. The van der Waals surface area contributed by atoms with Crippen LogP contribution in [0.4, 0.5) is 5.69 Å². The van der Waals surface area contributed by atoms with E-state index in [-0.39, 0.29) is 11.8 Å². The number of anilines is 1. The van der Waals surface area contributed by atoms with Crippen LogP contribution in [0.2, 0.25) is 5.02 Å². The number of H-pyrrole nitrogens is 2. The van der Waals surface area contributed by atoms with Crippen molar-refractivity contribution in [1.29, 1.82) is 0 Å². The van der Waals surface area contributed by atoms with Gasteiger partial charge in [0.2, 0.25) is 0 Å². The summed E-state index contributed by atoms with van der Waals surface area (Å²) in [5, 5.41) is 10.2. The molecule has 33 heavy (non-hydrogen) atoms. The van der Waals surface area contributed by atoms with E-state index < -0.39 is 0 Å². The molecule has 5 rings (SSSR count). The van der Waals surface area contributed by atoms with Crippen molar-refractivity contribution in [3.63, 3.8) is 0 Å². The van der Waals surface area contributed by atoms with E-state index in [1.807, 2.05) is 13.0 Å². The minimum Gasteiger partial charge on any atom is -0.378 e. The number of fused-ring (bicyclic) bond motifs is 1. The lowest BCUT2D eigenvalue weighted by atomic mass is 10.1. The second kappa shape index (κ2) is 8.68. The summed E-state index contributed by atoms with van der Waals surface area (Å²) < 4.78 is 5.32. The Morgan fingerprint density at radius 3 is 2.79 bits per heavy atom. The van der Waals surface area contributed by atoms with Gasteiger partial charge in [0.05, 0.1) is 46.7 Å². The third kappa shape index (κ3) is 4.08. The van der Waals surface area contributed by atoms with Crippen molar-refractivity contribution < 1.29 is 14.3 Å². The molecule has 9 nitrogen and oxygen atoms in total. The standard InChI is InChI=1S/C23H21ClN6O3/c1-13-3-2-4-15(24)19(13)22(31)28-18-12-25-29-20(18)21-26-16-6-5-14(11-17(16)27-21)23(32)30-7-9-33-10-8-30/h2-6,11-12H,7-10H2,1H3,(H,25,29)(H,26,27)(H,28,31). The van der Waals surface area contributed by atoms with Crippen molar-refractivity contribution in [2.24, 2.45) is 0 Å². The van der Waals surface area contributed by atoms with E-state index in [1.54, 1.807) is 35.2 Å². The quantitative estimate of drug-likeness (QED) is 0.426. The van der Waals surface area contributed by atoms with Crippen molar-refractivity contribution in [2.45, 2.75) is 6.92 Å². The molecule has 0 aliphatic carbocycles. The minimum atomic E-state index is -0.338. The first kappa shape index (κ1) is 21.2. The van der Waals surface area contributed by atoms with Crippen LogP contribution in [-0.2, 0) is 4.74 Å². The molecule has 3 heterocycles. The van der Waals surface area contributed by atoms with Crippen LogP contribution in [0.25, 0.3) is 22.6 Å². The van der Waals surface area contributed by atoms with E-state index in [9.17, 15) is 9.59 Å². The number of hydrogen-bond acceptors (Lipinski definition) is 5. The maximum atomic E-state index is 12.9. The van der Waals surface area contributed by atoms with Gasteiger partial charge in [0.1, 0.15) is 5.69 Å². The number of imidazole rings is 1. The Hall–Kier alpha value is -3.69. The highest BCUT2D eigenvalue weighted by molar-refractivity contribution is 6.34. The lowest BCUT2D eigenvalue weighted by Crippen LogP contribution is -2.40. The third-order valence-electron chi connectivity index (χ3n) is 5.60. The van der Waals surface area contributed by atoms with E-state index in [0.29, 0.717) is 70.7 Å². The number of aromatic nitrogens is 4. The van der Waals surface area contributed by atoms with Crippen LogP contribution in [0.1, 0.15) is 26.3 Å². The molecule has 2 amide bonds. The van der Waals surface area contributed by atoms with Gasteiger partial charge in [-0.2, -0.15) is 5.10 Å². The first-order valence-electron chi connectivity index (χ1n) is 10.5. The Morgan fingerprint density at radius 1 is 1.18 bits per heavy atom. The Labute approximate surface area is 194 Å². The van der Waals surface area contributed by atoms with Crippen molar-refractivity contribution in [3.8, 4) is 11.5 Å². The van der Waals surface area contributed by atoms with Crippen LogP contribution in [0, 0.1) is 6.92 Å². The Bertz CT molecular complexity index is 1340. The number of halogens is 1. The van der Waals surface area contributed by atoms with Crippen LogP contribution in [0.15, 0.2) is 42.6 Å². The number of rotatable bonds is 4. The molecular formula is C23H21ClN6O3. The summed E-state index contributed by atoms with van der Waals surface area (Å²) in [6.45, 7) is 4.07. The number of aromatic amines is 2. The summed E-state index contributed by atoms with van der Waals surface area (Å²) in [6, 6.07) is 10.6. The van der Waals surface area contributed by atoms with Gasteiger partial charge in [-0.25, -0.2) is 4.98 Å². The molecule has 168 valence electrons. The molecule has 3 N–H and O–H groups in total. The monoisotopic (exact) mass is 464 g/mol. The number of carbonyl (C=O) groups excluding carboxylic acids is 2. The van der Waals surface area contributed by atoms with Crippen LogP contribution < -0.4 is 5.32 Å². The zero-order chi connectivity index (χ0) is 22.9. The van der Waals surface area contributed by atoms with Gasteiger partial charge in [-0.15, -0.1) is 0 Å². The molecule has 2 aromatic heterocycles. The number of hydrogen-bond donors (Lipinski definition) is 3. The van der Waals surface area contributed by atoms with E-state index in [1.165, 1.54) is 6.20 Å². The van der Waals surface area contributed by atoms with Gasteiger partial charge in [-0.05, 0) is 36.8 Å². The topological polar surface area (TPSA) is 116 Å². The average Bonchev–Trinajstić information content (AvgIpc) is 3.45. The summed E-state index contributed by atoms with van der Waals surface area (Å²) in [5.74, 6) is 0.112. The SMILES string of the molecule is Cc1cccc(Cl)c1C(=O)Nc1cn[nH]c1-c1nc2ccc(C(=O)N3CCOCC3)cc2[nH]1. The zero-order valence-corrected chi connectivity index (χ0v) is 18.6. The van der Waals surface area contributed by atoms with Gasteiger partial charge in [0.15, 0.2) is 5.82 Å². The fourth-order valence-corrected chi connectivity index (χ4v) is 4.18. The number of morpholine rings is 1. The highest BCUT2D eigenvalue weighted by atomic mass is 35.5. The Morgan fingerprint density at radius 2 is 2.00 bits per heavy atom. The molecule has 0 saturated carbocycles. The second-order valence-electron chi connectivity index (χ2n) is 7.77. The molecule has 1 saturated heterocycles. The largest absolute Gasteiger partial charge is 0.378 e. The van der Waals surface area contributed by atoms with Gasteiger partial charge >= 0.3 is 0 Å². The molecule has 2 aromatic carbocycles. The molecule has 1 fully saturated rings. The first-order valence-corrected chi connectivity index (χ1v) is 10.9. The molecule has 0 unspecified atom stereocenters. The van der Waals surface area contributed by atoms with Crippen LogP contribution in [0.3, 0.4) is 0 Å². The fourth-order valence-electron chi connectivity index (χ4n) is 3.88. The highest BCUT2D eigenvalue weighted by Gasteiger charge is 2.21. The van der Waals surface area contributed by atoms with Crippen molar-refractivity contribution in [1.82, 2.24) is 25.1 Å². The number of ether oxygens (including phenoxy) is 1. The van der Waals surface area contributed by atoms with Crippen LogP contribution in [0.5, 0.6) is 0 Å². The van der Waals surface area contributed by atoms with Gasteiger partial charge in [-0.1, -0.05) is 23.7 Å². The molecule has 10 heteroatoms. The number of carbonyl (C=O) groups is 2. The Kier molecular flexibility index (Phi) is 5.57. The number of nitrogens with zero attached hydrogens (tertiary/aromatic N) is 3. The maximum Gasteiger partial charge on any atom is 0.257 e. The van der Waals surface area contributed by atoms with Gasteiger partial charge in [0.25, 0.3) is 11.8 Å². The normalized spacial score (nSPS) is 13.9. The minimum absolute atomic E-state index is 0.0408. The van der Waals surface area contributed by atoms with Gasteiger partial charge in [-0.3, -0.25) is 14.7 Å². The maximum absolute atomic E-state index is 12.9. The van der Waals surface area contributed by atoms with E-state index in [2.05, 4.69) is 25.5 Å². The van der Waals surface area contributed by atoms with Gasteiger partial charge in [0, 0.05) is 18.7 Å². The van der Waals surface area contributed by atoms with Crippen LogP contribution >= 0.6 is 11.6 Å². The first-order chi connectivity index (χ1) is 16.0. The smallest absolute Gasteiger partial charge is 0.257 e. The predicted molar refractivity (Wildman–Crippen MR) is 125 cm³/mol. The Balaban J connectivity index is 1.42. The van der Waals surface area contributed by atoms with Crippen LogP contribution in [-0.4, -0.2) is 63.2 Å². The average molecular weight is 465 g/mol. The molecule has 0 atom stereocenters. The fraction of sp³-hybridized carbons (Fsp3) is 0.217. The summed E-state index contributed by atoms with van der Waals surface area (Å²) in [6.07, 6.45) is 1.51. The lowest BCUT2D eigenvalue weighted by Gasteiger charge is -2.26. The second-order valence-corrected chi connectivity index (χ2v) is 8.17. The number of nitrogens with one attached hydrogen (secondary N) is 3. The summed E-state index contributed by atoms with van der Waals surface area (Å²) in [5.41, 5.74) is 4.13. The number of amides is 2. The van der Waals surface area contributed by atoms with Crippen molar-refractivity contribution in [3.05, 3.63) is 64.3 Å². The summed E-state index contributed by atoms with van der Waals surface area (Å²) in [4.78, 5) is 35.3. The van der Waals surface area contributed by atoms with Crippen molar-refractivity contribution in [2.75, 3.05) is 31.6 Å². The highest BCUT2D eigenvalue weighted by Crippen LogP contribution is 2.28. The summed E-state index contributed by atoms with van der Waals surface area (Å²) >= 11 is 6.23. The molecule has 0 spiro atoms. The third-order valence-corrected chi connectivity index (χ3v) is 5.92. The summed E-state index contributed by atoms with van der Waals surface area (Å²) in [7, 11) is 0. The van der Waals surface area contributed by atoms with E-state index >= 15 is 0 Å². The molecule has 4 aromatic rings. The van der Waals surface area contributed by atoms with Gasteiger partial charge < -0.3 is 19.9 Å². The molecular weight excluding hydrogens is 444 g/mol. The molecule has 1 aliphatic heterocycles.